The average molecular weight is 210 g/mol. The summed E-state index contributed by atoms with van der Waals surface area (Å²) in [5, 5.41) is 3.56. The lowest BCUT2D eigenvalue weighted by Gasteiger charge is -2.35. The van der Waals surface area contributed by atoms with Gasteiger partial charge in [0.25, 0.3) is 0 Å². The summed E-state index contributed by atoms with van der Waals surface area (Å²) in [6.07, 6.45) is 4.27. The minimum Gasteiger partial charge on any atom is -0.315 e. The molecule has 0 aromatic heterocycles. The Bertz CT molecular complexity index is 199. The lowest BCUT2D eigenvalue weighted by Crippen LogP contribution is -2.45. The van der Waals surface area contributed by atoms with E-state index in [0.29, 0.717) is 6.04 Å². The molecule has 1 aliphatic heterocycles. The Labute approximate surface area is 94.4 Å². The maximum atomic E-state index is 3.56. The highest BCUT2D eigenvalue weighted by molar-refractivity contribution is 4.91. The minimum absolute atomic E-state index is 0.713. The summed E-state index contributed by atoms with van der Waals surface area (Å²) < 4.78 is 0. The second-order valence-corrected chi connectivity index (χ2v) is 5.63. The zero-order valence-electron chi connectivity index (χ0n) is 10.5. The number of hydrogen-bond acceptors (Lipinski definition) is 2. The van der Waals surface area contributed by atoms with Gasteiger partial charge in [-0.25, -0.2) is 0 Å². The summed E-state index contributed by atoms with van der Waals surface area (Å²) in [6, 6.07) is 1.51. The van der Waals surface area contributed by atoms with Gasteiger partial charge in [-0.2, -0.15) is 0 Å². The van der Waals surface area contributed by atoms with Crippen molar-refractivity contribution in [1.29, 1.82) is 0 Å². The van der Waals surface area contributed by atoms with E-state index in [9.17, 15) is 0 Å². The van der Waals surface area contributed by atoms with Gasteiger partial charge >= 0.3 is 0 Å². The lowest BCUT2D eigenvalue weighted by atomic mass is 9.98. The Morgan fingerprint density at radius 1 is 1.27 bits per heavy atom. The van der Waals surface area contributed by atoms with Gasteiger partial charge in [0.15, 0.2) is 0 Å². The number of nitrogens with one attached hydrogen (secondary N) is 1. The van der Waals surface area contributed by atoms with Crippen molar-refractivity contribution in [3.63, 3.8) is 0 Å². The second kappa shape index (κ2) is 4.84. The van der Waals surface area contributed by atoms with Crippen molar-refractivity contribution >= 4 is 0 Å². The van der Waals surface area contributed by atoms with E-state index in [4.69, 9.17) is 0 Å². The summed E-state index contributed by atoms with van der Waals surface area (Å²) in [4.78, 5) is 2.76. The van der Waals surface area contributed by atoms with Crippen LogP contribution in [0.25, 0.3) is 0 Å². The summed E-state index contributed by atoms with van der Waals surface area (Å²) in [5.41, 5.74) is 0. The molecule has 1 N–H and O–H groups in total. The molecule has 2 rings (SSSR count). The molecule has 0 amide bonds. The van der Waals surface area contributed by atoms with Crippen molar-refractivity contribution in [2.24, 2.45) is 11.8 Å². The normalized spacial score (nSPS) is 31.8. The molecule has 15 heavy (non-hydrogen) atoms. The van der Waals surface area contributed by atoms with Crippen molar-refractivity contribution in [3.05, 3.63) is 0 Å². The monoisotopic (exact) mass is 210 g/mol. The fraction of sp³-hybridized carbons (Fsp3) is 1.00. The minimum atomic E-state index is 0.713. The maximum absolute atomic E-state index is 3.56. The molecule has 2 aliphatic rings. The van der Waals surface area contributed by atoms with Crippen molar-refractivity contribution in [2.45, 2.75) is 52.1 Å². The molecule has 0 aromatic carbocycles. The Morgan fingerprint density at radius 2 is 2.00 bits per heavy atom. The Morgan fingerprint density at radius 3 is 2.53 bits per heavy atom. The van der Waals surface area contributed by atoms with Crippen LogP contribution in [0.15, 0.2) is 0 Å². The van der Waals surface area contributed by atoms with Gasteiger partial charge in [-0.3, -0.25) is 4.90 Å². The van der Waals surface area contributed by atoms with Gasteiger partial charge in [0.1, 0.15) is 0 Å². The van der Waals surface area contributed by atoms with Crippen LogP contribution in [0, 0.1) is 11.8 Å². The van der Waals surface area contributed by atoms with Crippen molar-refractivity contribution in [2.75, 3.05) is 19.6 Å². The second-order valence-electron chi connectivity index (χ2n) is 5.63. The van der Waals surface area contributed by atoms with Crippen LogP contribution in [0.2, 0.25) is 0 Å². The van der Waals surface area contributed by atoms with E-state index in [1.807, 2.05) is 0 Å². The van der Waals surface area contributed by atoms with Gasteiger partial charge < -0.3 is 5.32 Å². The Kier molecular flexibility index (Phi) is 3.68. The van der Waals surface area contributed by atoms with Crippen LogP contribution >= 0.6 is 0 Å². The molecule has 0 bridgehead atoms. The van der Waals surface area contributed by atoms with Crippen LogP contribution in [0.5, 0.6) is 0 Å². The van der Waals surface area contributed by atoms with Crippen molar-refractivity contribution < 1.29 is 0 Å². The highest BCUT2D eigenvalue weighted by Crippen LogP contribution is 2.32. The average Bonchev–Trinajstić information content (AvgIpc) is 2.91. The molecule has 0 spiro atoms. The van der Waals surface area contributed by atoms with Crippen molar-refractivity contribution in [3.8, 4) is 0 Å². The highest BCUT2D eigenvalue weighted by Gasteiger charge is 2.35. The fourth-order valence-electron chi connectivity index (χ4n) is 2.85. The van der Waals surface area contributed by atoms with Crippen LogP contribution in [-0.4, -0.2) is 36.6 Å². The molecule has 1 heterocycles. The smallest absolute Gasteiger partial charge is 0.0263 e. The zero-order valence-corrected chi connectivity index (χ0v) is 10.5. The Hall–Kier alpha value is -0.0800. The van der Waals surface area contributed by atoms with E-state index in [1.165, 1.54) is 38.9 Å². The van der Waals surface area contributed by atoms with Crippen LogP contribution in [-0.2, 0) is 0 Å². The molecule has 88 valence electrons. The van der Waals surface area contributed by atoms with Gasteiger partial charge in [0.05, 0.1) is 0 Å². The van der Waals surface area contributed by atoms with E-state index in [0.717, 1.165) is 17.9 Å². The number of nitrogens with zero attached hydrogens (tertiary/aromatic N) is 1. The van der Waals surface area contributed by atoms with Gasteiger partial charge in [0.2, 0.25) is 0 Å². The molecular weight excluding hydrogens is 184 g/mol. The van der Waals surface area contributed by atoms with Crippen LogP contribution in [0.4, 0.5) is 0 Å². The summed E-state index contributed by atoms with van der Waals surface area (Å²) >= 11 is 0. The molecule has 1 aliphatic carbocycles. The standard InChI is InChI=1S/C13H26N2/c1-4-12-7-14-8-13(12)15(10(2)3)9-11-5-6-11/h10-14H,4-9H2,1-3H3. The van der Waals surface area contributed by atoms with Crippen molar-refractivity contribution in [1.82, 2.24) is 10.2 Å². The van der Waals surface area contributed by atoms with Crippen LogP contribution in [0.1, 0.15) is 40.0 Å². The third-order valence-corrected chi connectivity index (χ3v) is 4.08. The fourth-order valence-corrected chi connectivity index (χ4v) is 2.85. The molecule has 1 saturated heterocycles. The highest BCUT2D eigenvalue weighted by atomic mass is 15.2. The molecule has 2 nitrogen and oxygen atoms in total. The first kappa shape index (κ1) is 11.4. The van der Waals surface area contributed by atoms with E-state index in [-0.39, 0.29) is 0 Å². The molecule has 2 atom stereocenters. The lowest BCUT2D eigenvalue weighted by molar-refractivity contribution is 0.125. The largest absolute Gasteiger partial charge is 0.315 e. The van der Waals surface area contributed by atoms with Gasteiger partial charge in [-0.05, 0) is 45.1 Å². The third kappa shape index (κ3) is 2.73. The van der Waals surface area contributed by atoms with E-state index >= 15 is 0 Å². The SMILES string of the molecule is CCC1CNCC1N(CC1CC1)C(C)C. The van der Waals surface area contributed by atoms with Gasteiger partial charge in [-0.15, -0.1) is 0 Å². The molecular formula is C13H26N2. The molecule has 2 fully saturated rings. The number of rotatable bonds is 5. The molecule has 2 heteroatoms. The summed E-state index contributed by atoms with van der Waals surface area (Å²) in [5.74, 6) is 1.90. The molecule has 1 saturated carbocycles. The predicted molar refractivity (Wildman–Crippen MR) is 65.0 cm³/mol. The summed E-state index contributed by atoms with van der Waals surface area (Å²) in [7, 11) is 0. The van der Waals surface area contributed by atoms with Gasteiger partial charge in [-0.1, -0.05) is 13.3 Å². The van der Waals surface area contributed by atoms with Crippen LogP contribution < -0.4 is 5.32 Å². The first-order valence-corrected chi connectivity index (χ1v) is 6.68. The van der Waals surface area contributed by atoms with E-state index in [2.05, 4.69) is 31.0 Å². The topological polar surface area (TPSA) is 15.3 Å². The molecule has 0 aromatic rings. The third-order valence-electron chi connectivity index (χ3n) is 4.08. The first-order valence-electron chi connectivity index (χ1n) is 6.68. The quantitative estimate of drug-likeness (QED) is 0.747. The summed E-state index contributed by atoms with van der Waals surface area (Å²) in [6.45, 7) is 10.8. The molecule has 0 radical (unpaired) electrons. The molecule has 2 unspecified atom stereocenters. The zero-order chi connectivity index (χ0) is 10.8. The Balaban J connectivity index is 1.95. The van der Waals surface area contributed by atoms with Crippen LogP contribution in [0.3, 0.4) is 0 Å². The predicted octanol–water partition coefficient (Wildman–Crippen LogP) is 2.10. The first-order chi connectivity index (χ1) is 7.22. The van der Waals surface area contributed by atoms with E-state index < -0.39 is 0 Å². The maximum Gasteiger partial charge on any atom is 0.0263 e. The number of hydrogen-bond donors (Lipinski definition) is 1. The van der Waals surface area contributed by atoms with Gasteiger partial charge in [0, 0.05) is 25.2 Å². The van der Waals surface area contributed by atoms with E-state index in [1.54, 1.807) is 0 Å².